The summed E-state index contributed by atoms with van der Waals surface area (Å²) < 4.78 is 0. The van der Waals surface area contributed by atoms with Gasteiger partial charge in [0.25, 0.3) is 5.91 Å². The van der Waals surface area contributed by atoms with Crippen molar-refractivity contribution in [1.82, 2.24) is 10.2 Å². The Labute approximate surface area is 172 Å². The number of hydrogen-bond donors (Lipinski definition) is 1. The lowest BCUT2D eigenvalue weighted by atomic mass is 9.96. The van der Waals surface area contributed by atoms with Gasteiger partial charge in [0.1, 0.15) is 5.66 Å². The molecule has 1 saturated heterocycles. The van der Waals surface area contributed by atoms with E-state index in [1.807, 2.05) is 25.1 Å². The van der Waals surface area contributed by atoms with E-state index in [0.29, 0.717) is 30.6 Å². The Morgan fingerprint density at radius 3 is 2.55 bits per heavy atom. The van der Waals surface area contributed by atoms with E-state index in [1.165, 1.54) is 32.1 Å². The summed E-state index contributed by atoms with van der Waals surface area (Å²) in [5.74, 6) is -0.0501. The van der Waals surface area contributed by atoms with Crippen LogP contribution in [0, 0.1) is 0 Å². The Morgan fingerprint density at radius 2 is 1.79 bits per heavy atom. The molecule has 0 radical (unpaired) electrons. The first-order valence-corrected chi connectivity index (χ1v) is 11.0. The quantitative estimate of drug-likeness (QED) is 0.844. The SMILES string of the molecule is CC12CCC(=O)N1c1ccccc1C(=O)N2CCC(=O)NC1CCCCCCC1. The highest BCUT2D eigenvalue weighted by Gasteiger charge is 2.52. The van der Waals surface area contributed by atoms with Gasteiger partial charge in [-0.15, -0.1) is 0 Å². The van der Waals surface area contributed by atoms with Crippen LogP contribution in [0.1, 0.15) is 81.5 Å². The van der Waals surface area contributed by atoms with Crippen LogP contribution in [-0.4, -0.2) is 40.9 Å². The van der Waals surface area contributed by atoms with E-state index in [2.05, 4.69) is 5.32 Å². The highest BCUT2D eigenvalue weighted by molar-refractivity contribution is 6.10. The van der Waals surface area contributed by atoms with Crippen molar-refractivity contribution >= 4 is 23.4 Å². The summed E-state index contributed by atoms with van der Waals surface area (Å²) >= 11 is 0. The lowest BCUT2D eigenvalue weighted by molar-refractivity contribution is -0.122. The van der Waals surface area contributed by atoms with Gasteiger partial charge >= 0.3 is 0 Å². The number of carbonyl (C=O) groups excluding carboxylic acids is 3. The van der Waals surface area contributed by atoms with Gasteiger partial charge in [0, 0.05) is 25.4 Å². The van der Waals surface area contributed by atoms with Crippen molar-refractivity contribution in [2.75, 3.05) is 11.4 Å². The van der Waals surface area contributed by atoms with Crippen LogP contribution in [0.25, 0.3) is 0 Å². The molecule has 2 heterocycles. The zero-order valence-corrected chi connectivity index (χ0v) is 17.3. The second-order valence-electron chi connectivity index (χ2n) is 8.78. The lowest BCUT2D eigenvalue weighted by Gasteiger charge is -2.48. The van der Waals surface area contributed by atoms with Gasteiger partial charge in [0.2, 0.25) is 11.8 Å². The molecule has 1 saturated carbocycles. The van der Waals surface area contributed by atoms with Crippen molar-refractivity contribution in [1.29, 1.82) is 0 Å². The molecule has 1 aromatic rings. The molecule has 4 rings (SSSR count). The van der Waals surface area contributed by atoms with E-state index in [1.54, 1.807) is 15.9 Å². The molecule has 6 nitrogen and oxygen atoms in total. The first kappa shape index (κ1) is 19.9. The summed E-state index contributed by atoms with van der Waals surface area (Å²) in [7, 11) is 0. The summed E-state index contributed by atoms with van der Waals surface area (Å²) in [6.45, 7) is 2.27. The minimum absolute atomic E-state index is 0.00158. The van der Waals surface area contributed by atoms with Crippen molar-refractivity contribution in [3.8, 4) is 0 Å². The van der Waals surface area contributed by atoms with Crippen LogP contribution in [0.5, 0.6) is 0 Å². The third-order valence-corrected chi connectivity index (χ3v) is 6.78. The maximum Gasteiger partial charge on any atom is 0.257 e. The number of para-hydroxylation sites is 1. The summed E-state index contributed by atoms with van der Waals surface area (Å²) in [4.78, 5) is 41.9. The maximum absolute atomic E-state index is 13.2. The molecule has 0 spiro atoms. The topological polar surface area (TPSA) is 69.7 Å². The lowest BCUT2D eigenvalue weighted by Crippen LogP contribution is -2.62. The number of benzene rings is 1. The van der Waals surface area contributed by atoms with Gasteiger partial charge in [-0.25, -0.2) is 0 Å². The minimum Gasteiger partial charge on any atom is -0.353 e. The highest BCUT2D eigenvalue weighted by atomic mass is 16.2. The number of nitrogens with one attached hydrogen (secondary N) is 1. The molecule has 156 valence electrons. The van der Waals surface area contributed by atoms with E-state index < -0.39 is 5.66 Å². The van der Waals surface area contributed by atoms with Crippen molar-refractivity contribution in [3.05, 3.63) is 29.8 Å². The van der Waals surface area contributed by atoms with Crippen LogP contribution in [-0.2, 0) is 9.59 Å². The molecular formula is C23H31N3O3. The first-order valence-electron chi connectivity index (χ1n) is 11.0. The molecule has 6 heteroatoms. The number of fused-ring (bicyclic) bond motifs is 3. The Bertz CT molecular complexity index is 800. The zero-order chi connectivity index (χ0) is 20.4. The van der Waals surface area contributed by atoms with Gasteiger partial charge in [-0.3, -0.25) is 19.3 Å². The van der Waals surface area contributed by atoms with Crippen LogP contribution in [0.4, 0.5) is 5.69 Å². The summed E-state index contributed by atoms with van der Waals surface area (Å²) in [6, 6.07) is 7.54. The largest absolute Gasteiger partial charge is 0.353 e. The van der Waals surface area contributed by atoms with Crippen LogP contribution in [0.15, 0.2) is 24.3 Å². The van der Waals surface area contributed by atoms with Gasteiger partial charge in [-0.1, -0.05) is 44.2 Å². The highest BCUT2D eigenvalue weighted by Crippen LogP contribution is 2.43. The van der Waals surface area contributed by atoms with Gasteiger partial charge in [-0.2, -0.15) is 0 Å². The van der Waals surface area contributed by atoms with E-state index >= 15 is 0 Å². The summed E-state index contributed by atoms with van der Waals surface area (Å²) in [6.07, 6.45) is 9.49. The molecule has 1 N–H and O–H groups in total. The Morgan fingerprint density at radius 1 is 1.10 bits per heavy atom. The normalized spacial score (nSPS) is 25.3. The van der Waals surface area contributed by atoms with E-state index in [0.717, 1.165) is 12.8 Å². The Hall–Kier alpha value is -2.37. The summed E-state index contributed by atoms with van der Waals surface area (Å²) in [5, 5.41) is 3.18. The molecule has 1 aromatic carbocycles. The van der Waals surface area contributed by atoms with Gasteiger partial charge in [0.05, 0.1) is 11.3 Å². The van der Waals surface area contributed by atoms with Crippen LogP contribution in [0.3, 0.4) is 0 Å². The molecule has 1 aliphatic carbocycles. The Kier molecular flexibility index (Phi) is 5.61. The van der Waals surface area contributed by atoms with Crippen molar-refractivity contribution in [2.24, 2.45) is 0 Å². The van der Waals surface area contributed by atoms with Crippen molar-refractivity contribution < 1.29 is 14.4 Å². The number of amides is 3. The van der Waals surface area contributed by atoms with Crippen molar-refractivity contribution in [2.45, 2.75) is 82.8 Å². The fourth-order valence-electron chi connectivity index (χ4n) is 5.16. The number of rotatable bonds is 4. The molecule has 3 aliphatic rings. The standard InChI is InChI=1S/C23H31N3O3/c1-23-15-13-21(28)26(23)19-12-8-7-11-18(19)22(29)25(23)16-14-20(27)24-17-9-5-3-2-4-6-10-17/h7-8,11-12,17H,2-6,9-10,13-16H2,1H3,(H,24,27). The molecule has 0 bridgehead atoms. The molecule has 1 atom stereocenters. The number of anilines is 1. The van der Waals surface area contributed by atoms with Crippen LogP contribution >= 0.6 is 0 Å². The predicted octanol–water partition coefficient (Wildman–Crippen LogP) is 3.60. The molecule has 2 fully saturated rings. The molecule has 1 unspecified atom stereocenters. The smallest absolute Gasteiger partial charge is 0.257 e. The Balaban J connectivity index is 1.46. The maximum atomic E-state index is 13.2. The van der Waals surface area contributed by atoms with Crippen LogP contribution < -0.4 is 10.2 Å². The zero-order valence-electron chi connectivity index (χ0n) is 17.3. The first-order chi connectivity index (χ1) is 14.0. The fraction of sp³-hybridized carbons (Fsp3) is 0.609. The van der Waals surface area contributed by atoms with Gasteiger partial charge in [-0.05, 0) is 38.3 Å². The number of carbonyl (C=O) groups is 3. The van der Waals surface area contributed by atoms with E-state index in [-0.39, 0.29) is 30.2 Å². The number of nitrogens with zero attached hydrogens (tertiary/aromatic N) is 2. The molecule has 2 aliphatic heterocycles. The van der Waals surface area contributed by atoms with E-state index in [4.69, 9.17) is 0 Å². The van der Waals surface area contributed by atoms with Gasteiger partial charge < -0.3 is 10.2 Å². The van der Waals surface area contributed by atoms with E-state index in [9.17, 15) is 14.4 Å². The number of hydrogen-bond acceptors (Lipinski definition) is 3. The minimum atomic E-state index is -0.691. The third kappa shape index (κ3) is 3.77. The average Bonchev–Trinajstić information content (AvgIpc) is 2.99. The summed E-state index contributed by atoms with van der Waals surface area (Å²) in [5.41, 5.74) is 0.543. The average molecular weight is 398 g/mol. The molecule has 3 amide bonds. The monoisotopic (exact) mass is 397 g/mol. The second kappa shape index (κ2) is 8.17. The predicted molar refractivity (Wildman–Crippen MR) is 111 cm³/mol. The molecule has 29 heavy (non-hydrogen) atoms. The van der Waals surface area contributed by atoms with Crippen LogP contribution in [0.2, 0.25) is 0 Å². The molecule has 0 aromatic heterocycles. The second-order valence-corrected chi connectivity index (χ2v) is 8.78. The van der Waals surface area contributed by atoms with Crippen molar-refractivity contribution in [3.63, 3.8) is 0 Å². The fourth-order valence-corrected chi connectivity index (χ4v) is 5.16. The third-order valence-electron chi connectivity index (χ3n) is 6.78. The van der Waals surface area contributed by atoms with Gasteiger partial charge in [0.15, 0.2) is 0 Å². The molecular weight excluding hydrogens is 366 g/mol.